The topological polar surface area (TPSA) is 78.4 Å². The van der Waals surface area contributed by atoms with E-state index in [0.717, 1.165) is 6.07 Å². The zero-order valence-corrected chi connectivity index (χ0v) is 13.1. The Kier molecular flexibility index (Phi) is 5.65. The van der Waals surface area contributed by atoms with Gasteiger partial charge in [-0.25, -0.2) is 13.6 Å². The van der Waals surface area contributed by atoms with Crippen LogP contribution in [0.15, 0.2) is 16.6 Å². The largest absolute Gasteiger partial charge is 0.481 e. The Labute approximate surface area is 128 Å². The standard InChI is InChI=1S/C13H15BrF2N2O3/c1-3-13(2,11(19)20)6-17-12(21)18-10-8(14)4-7(15)5-9(10)16/h4-5H,3,6H2,1-2H3,(H,19,20)(H2,17,18,21). The minimum absolute atomic E-state index is 0.0478. The summed E-state index contributed by atoms with van der Waals surface area (Å²) in [7, 11) is 0. The van der Waals surface area contributed by atoms with Gasteiger partial charge in [0.1, 0.15) is 5.82 Å². The molecule has 2 amide bonds. The number of nitrogens with one attached hydrogen (secondary N) is 2. The quantitative estimate of drug-likeness (QED) is 0.749. The number of hydrogen-bond acceptors (Lipinski definition) is 2. The molecule has 1 aromatic carbocycles. The number of hydrogen-bond donors (Lipinski definition) is 3. The highest BCUT2D eigenvalue weighted by molar-refractivity contribution is 9.10. The summed E-state index contributed by atoms with van der Waals surface area (Å²) in [6.07, 6.45) is 0.317. The molecule has 1 rings (SSSR count). The Morgan fingerprint density at radius 2 is 2.00 bits per heavy atom. The lowest BCUT2D eigenvalue weighted by atomic mass is 9.88. The van der Waals surface area contributed by atoms with E-state index in [2.05, 4.69) is 26.6 Å². The fraction of sp³-hybridized carbons (Fsp3) is 0.385. The zero-order chi connectivity index (χ0) is 16.2. The van der Waals surface area contributed by atoms with Crippen LogP contribution in [-0.4, -0.2) is 23.7 Å². The maximum absolute atomic E-state index is 13.5. The summed E-state index contributed by atoms with van der Waals surface area (Å²) in [5.74, 6) is -2.76. The van der Waals surface area contributed by atoms with E-state index in [4.69, 9.17) is 5.11 Å². The monoisotopic (exact) mass is 364 g/mol. The molecule has 21 heavy (non-hydrogen) atoms. The maximum Gasteiger partial charge on any atom is 0.319 e. The highest BCUT2D eigenvalue weighted by atomic mass is 79.9. The van der Waals surface area contributed by atoms with E-state index in [1.807, 2.05) is 0 Å². The van der Waals surface area contributed by atoms with Gasteiger partial charge in [0, 0.05) is 17.1 Å². The third-order valence-corrected chi connectivity index (χ3v) is 3.81. The number of carboxylic acids is 1. The van der Waals surface area contributed by atoms with Gasteiger partial charge in [-0.2, -0.15) is 0 Å². The Hall–Kier alpha value is -1.70. The lowest BCUT2D eigenvalue weighted by Gasteiger charge is -2.23. The van der Waals surface area contributed by atoms with Gasteiger partial charge in [0.2, 0.25) is 0 Å². The van der Waals surface area contributed by atoms with Gasteiger partial charge in [-0.1, -0.05) is 6.92 Å². The van der Waals surface area contributed by atoms with Crippen LogP contribution in [0, 0.1) is 17.0 Å². The molecule has 116 valence electrons. The molecule has 8 heteroatoms. The maximum atomic E-state index is 13.5. The highest BCUT2D eigenvalue weighted by Crippen LogP contribution is 2.27. The van der Waals surface area contributed by atoms with Crippen molar-refractivity contribution >= 4 is 33.6 Å². The van der Waals surface area contributed by atoms with Crippen LogP contribution in [0.4, 0.5) is 19.3 Å². The molecule has 0 bridgehead atoms. The molecule has 0 aliphatic heterocycles. The second kappa shape index (κ2) is 6.84. The number of carboxylic acid groups (broad SMARTS) is 1. The van der Waals surface area contributed by atoms with Crippen LogP contribution in [0.25, 0.3) is 0 Å². The molecule has 5 nitrogen and oxygen atoms in total. The van der Waals surface area contributed by atoms with E-state index in [-0.39, 0.29) is 16.7 Å². The van der Waals surface area contributed by atoms with Crippen LogP contribution in [0.5, 0.6) is 0 Å². The van der Waals surface area contributed by atoms with Crippen molar-refractivity contribution in [1.82, 2.24) is 5.32 Å². The van der Waals surface area contributed by atoms with Gasteiger partial charge in [0.15, 0.2) is 5.82 Å². The smallest absolute Gasteiger partial charge is 0.319 e. The highest BCUT2D eigenvalue weighted by Gasteiger charge is 2.31. The Morgan fingerprint density at radius 1 is 1.38 bits per heavy atom. The third kappa shape index (κ3) is 4.38. The third-order valence-electron chi connectivity index (χ3n) is 3.18. The fourth-order valence-corrected chi connectivity index (χ4v) is 1.95. The molecule has 1 atom stereocenters. The lowest BCUT2D eigenvalue weighted by Crippen LogP contribution is -2.42. The van der Waals surface area contributed by atoms with E-state index in [0.29, 0.717) is 12.5 Å². The van der Waals surface area contributed by atoms with Gasteiger partial charge in [0.05, 0.1) is 11.1 Å². The predicted molar refractivity (Wildman–Crippen MR) is 77.1 cm³/mol. The molecule has 1 aromatic rings. The Bertz CT molecular complexity index is 545. The molecule has 0 heterocycles. The van der Waals surface area contributed by atoms with Gasteiger partial charge in [-0.15, -0.1) is 0 Å². The summed E-state index contributed by atoms with van der Waals surface area (Å²) in [6, 6.07) is 0.863. The van der Waals surface area contributed by atoms with E-state index >= 15 is 0 Å². The molecule has 3 N–H and O–H groups in total. The lowest BCUT2D eigenvalue weighted by molar-refractivity contribution is -0.147. The van der Waals surface area contributed by atoms with Gasteiger partial charge >= 0.3 is 12.0 Å². The normalized spacial score (nSPS) is 13.4. The number of amides is 2. The molecule has 0 aromatic heterocycles. The SMILES string of the molecule is CCC(C)(CNC(=O)Nc1c(F)cc(F)cc1Br)C(=O)O. The van der Waals surface area contributed by atoms with E-state index in [1.165, 1.54) is 6.92 Å². The molecule has 1 unspecified atom stereocenters. The van der Waals surface area contributed by atoms with Crippen molar-refractivity contribution in [3.63, 3.8) is 0 Å². The second-order valence-electron chi connectivity index (χ2n) is 4.77. The predicted octanol–water partition coefficient (Wildman–Crippen LogP) is 3.35. The summed E-state index contributed by atoms with van der Waals surface area (Å²) >= 11 is 2.94. The molecular formula is C13H15BrF2N2O3. The Morgan fingerprint density at radius 3 is 2.48 bits per heavy atom. The van der Waals surface area contributed by atoms with Crippen molar-refractivity contribution < 1.29 is 23.5 Å². The minimum Gasteiger partial charge on any atom is -0.481 e. The van der Waals surface area contributed by atoms with Crippen molar-refractivity contribution in [2.75, 3.05) is 11.9 Å². The van der Waals surface area contributed by atoms with Crippen LogP contribution in [0.3, 0.4) is 0 Å². The number of urea groups is 1. The van der Waals surface area contributed by atoms with Crippen molar-refractivity contribution in [2.45, 2.75) is 20.3 Å². The van der Waals surface area contributed by atoms with Crippen LogP contribution in [0.2, 0.25) is 0 Å². The van der Waals surface area contributed by atoms with Gasteiger partial charge in [-0.05, 0) is 35.3 Å². The summed E-state index contributed by atoms with van der Waals surface area (Å²) in [4.78, 5) is 22.8. The first-order valence-corrected chi connectivity index (χ1v) is 6.91. The average Bonchev–Trinajstić information content (AvgIpc) is 2.39. The van der Waals surface area contributed by atoms with Crippen LogP contribution in [-0.2, 0) is 4.79 Å². The average molecular weight is 365 g/mol. The van der Waals surface area contributed by atoms with E-state index < -0.39 is 29.0 Å². The van der Waals surface area contributed by atoms with Crippen molar-refractivity contribution in [2.24, 2.45) is 5.41 Å². The van der Waals surface area contributed by atoms with E-state index in [1.54, 1.807) is 6.92 Å². The second-order valence-corrected chi connectivity index (χ2v) is 5.63. The van der Waals surface area contributed by atoms with Gasteiger partial charge in [-0.3, -0.25) is 4.79 Å². The minimum atomic E-state index is -1.12. The molecule has 0 fully saturated rings. The molecule has 0 spiro atoms. The van der Waals surface area contributed by atoms with E-state index in [9.17, 15) is 18.4 Å². The number of benzene rings is 1. The summed E-state index contributed by atoms with van der Waals surface area (Å²) < 4.78 is 26.5. The molecule has 0 aliphatic carbocycles. The summed E-state index contributed by atoms with van der Waals surface area (Å²) in [6.45, 7) is 3.05. The van der Waals surface area contributed by atoms with Crippen molar-refractivity contribution in [1.29, 1.82) is 0 Å². The molecule has 0 radical (unpaired) electrons. The molecule has 0 saturated heterocycles. The van der Waals surface area contributed by atoms with Gasteiger partial charge in [0.25, 0.3) is 0 Å². The first kappa shape index (κ1) is 17.4. The number of halogens is 3. The summed E-state index contributed by atoms with van der Waals surface area (Å²) in [5.41, 5.74) is -1.34. The number of carbonyl (C=O) groups excluding carboxylic acids is 1. The molecule has 0 aliphatic rings. The number of carbonyl (C=O) groups is 2. The first-order valence-electron chi connectivity index (χ1n) is 6.12. The summed E-state index contributed by atoms with van der Waals surface area (Å²) in [5, 5.41) is 13.6. The van der Waals surface area contributed by atoms with Gasteiger partial charge < -0.3 is 15.7 Å². The molecule has 0 saturated carbocycles. The van der Waals surface area contributed by atoms with Crippen LogP contribution < -0.4 is 10.6 Å². The fourth-order valence-electron chi connectivity index (χ4n) is 1.45. The molecular weight excluding hydrogens is 350 g/mol. The zero-order valence-electron chi connectivity index (χ0n) is 11.5. The number of aliphatic carboxylic acids is 1. The van der Waals surface area contributed by atoms with Crippen LogP contribution in [0.1, 0.15) is 20.3 Å². The van der Waals surface area contributed by atoms with Crippen molar-refractivity contribution in [3.8, 4) is 0 Å². The Balaban J connectivity index is 2.73. The first-order chi connectivity index (χ1) is 9.69. The number of anilines is 1. The van der Waals surface area contributed by atoms with Crippen LogP contribution >= 0.6 is 15.9 Å². The number of rotatable bonds is 5. The van der Waals surface area contributed by atoms with Crippen molar-refractivity contribution in [3.05, 3.63) is 28.2 Å².